The summed E-state index contributed by atoms with van der Waals surface area (Å²) >= 11 is 5.92. The van der Waals surface area contributed by atoms with Gasteiger partial charge in [-0.1, -0.05) is 68.8 Å². The SMILES string of the molecule is CC(C)(C)c1ccc(OCCn2c(CCNC(=O)Cc3ccc(Cl)cc3)nc3ccccc32)cc1. The Bertz CT molecular complexity index is 1270. The maximum absolute atomic E-state index is 12.4. The van der Waals surface area contributed by atoms with Gasteiger partial charge in [0, 0.05) is 18.0 Å². The number of imidazole rings is 1. The van der Waals surface area contributed by atoms with Crippen molar-refractivity contribution in [1.82, 2.24) is 14.9 Å². The van der Waals surface area contributed by atoms with Crippen molar-refractivity contribution in [2.45, 2.75) is 45.6 Å². The number of fused-ring (bicyclic) bond motifs is 1. The highest BCUT2D eigenvalue weighted by atomic mass is 35.5. The van der Waals surface area contributed by atoms with Crippen LogP contribution in [0.5, 0.6) is 5.75 Å². The number of carbonyl (C=O) groups is 1. The molecule has 0 fully saturated rings. The minimum atomic E-state index is -0.0166. The van der Waals surface area contributed by atoms with Gasteiger partial charge in [-0.3, -0.25) is 4.79 Å². The number of carbonyl (C=O) groups excluding carboxylic acids is 1. The quantitative estimate of drug-likeness (QED) is 0.315. The van der Waals surface area contributed by atoms with E-state index in [0.717, 1.165) is 28.2 Å². The van der Waals surface area contributed by atoms with Gasteiger partial charge in [0.05, 0.1) is 24.0 Å². The minimum absolute atomic E-state index is 0.0166. The first-order valence-corrected chi connectivity index (χ1v) is 12.4. The molecule has 1 N–H and O–H groups in total. The fourth-order valence-corrected chi connectivity index (χ4v) is 4.16. The zero-order valence-electron chi connectivity index (χ0n) is 20.6. The molecule has 1 heterocycles. The molecule has 0 aliphatic carbocycles. The van der Waals surface area contributed by atoms with Crippen molar-refractivity contribution in [3.63, 3.8) is 0 Å². The van der Waals surface area contributed by atoms with E-state index in [1.54, 1.807) is 12.1 Å². The molecule has 0 unspecified atom stereocenters. The topological polar surface area (TPSA) is 56.1 Å². The number of amides is 1. The first-order valence-electron chi connectivity index (χ1n) is 12.0. The molecule has 35 heavy (non-hydrogen) atoms. The minimum Gasteiger partial charge on any atom is -0.492 e. The first kappa shape index (κ1) is 24.8. The second-order valence-corrected chi connectivity index (χ2v) is 10.1. The Morgan fingerprint density at radius 3 is 2.43 bits per heavy atom. The molecule has 0 radical (unpaired) electrons. The number of aromatic nitrogens is 2. The van der Waals surface area contributed by atoms with Gasteiger partial charge in [0.25, 0.3) is 0 Å². The van der Waals surface area contributed by atoms with Crippen LogP contribution in [0.4, 0.5) is 0 Å². The van der Waals surface area contributed by atoms with Gasteiger partial charge < -0.3 is 14.6 Å². The van der Waals surface area contributed by atoms with Gasteiger partial charge in [0.15, 0.2) is 0 Å². The number of benzene rings is 3. The third-order valence-electron chi connectivity index (χ3n) is 5.99. The highest BCUT2D eigenvalue weighted by Crippen LogP contribution is 2.24. The van der Waals surface area contributed by atoms with E-state index in [1.807, 2.05) is 42.5 Å². The molecule has 182 valence electrons. The summed E-state index contributed by atoms with van der Waals surface area (Å²) in [4.78, 5) is 17.2. The van der Waals surface area contributed by atoms with Crippen LogP contribution >= 0.6 is 11.6 Å². The predicted molar refractivity (Wildman–Crippen MR) is 142 cm³/mol. The summed E-state index contributed by atoms with van der Waals surface area (Å²) < 4.78 is 8.23. The summed E-state index contributed by atoms with van der Waals surface area (Å²) in [6.45, 7) is 8.34. The van der Waals surface area contributed by atoms with Crippen molar-refractivity contribution in [3.8, 4) is 5.75 Å². The Morgan fingerprint density at radius 1 is 1.00 bits per heavy atom. The highest BCUT2D eigenvalue weighted by molar-refractivity contribution is 6.30. The maximum Gasteiger partial charge on any atom is 0.224 e. The summed E-state index contributed by atoms with van der Waals surface area (Å²) in [5.74, 6) is 1.78. The third kappa shape index (κ3) is 6.64. The van der Waals surface area contributed by atoms with Gasteiger partial charge in [-0.2, -0.15) is 0 Å². The summed E-state index contributed by atoms with van der Waals surface area (Å²) in [7, 11) is 0. The Hall–Kier alpha value is -3.31. The third-order valence-corrected chi connectivity index (χ3v) is 6.24. The Labute approximate surface area is 212 Å². The second kappa shape index (κ2) is 11.0. The van der Waals surface area contributed by atoms with E-state index in [9.17, 15) is 4.79 Å². The van der Waals surface area contributed by atoms with Crippen LogP contribution in [0.3, 0.4) is 0 Å². The number of hydrogen-bond acceptors (Lipinski definition) is 3. The molecule has 5 nitrogen and oxygen atoms in total. The van der Waals surface area contributed by atoms with E-state index in [2.05, 4.69) is 48.9 Å². The molecule has 1 aromatic heterocycles. The van der Waals surface area contributed by atoms with Gasteiger partial charge >= 0.3 is 0 Å². The summed E-state index contributed by atoms with van der Waals surface area (Å²) in [6, 6.07) is 23.8. The lowest BCUT2D eigenvalue weighted by atomic mass is 9.87. The molecule has 0 atom stereocenters. The first-order chi connectivity index (χ1) is 16.8. The fraction of sp³-hybridized carbons (Fsp3) is 0.310. The predicted octanol–water partition coefficient (Wildman–Crippen LogP) is 5.97. The lowest BCUT2D eigenvalue weighted by Crippen LogP contribution is -2.28. The molecule has 0 saturated heterocycles. The monoisotopic (exact) mass is 489 g/mol. The van der Waals surface area contributed by atoms with E-state index < -0.39 is 0 Å². The summed E-state index contributed by atoms with van der Waals surface area (Å²) in [5, 5.41) is 3.67. The summed E-state index contributed by atoms with van der Waals surface area (Å²) in [5.41, 5.74) is 4.36. The molecule has 1 amide bonds. The van der Waals surface area contributed by atoms with E-state index in [0.29, 0.717) is 37.6 Å². The largest absolute Gasteiger partial charge is 0.492 e. The molecule has 0 spiro atoms. The second-order valence-electron chi connectivity index (χ2n) is 9.69. The Balaban J connectivity index is 1.36. The molecule has 6 heteroatoms. The van der Waals surface area contributed by atoms with E-state index in [-0.39, 0.29) is 11.3 Å². The van der Waals surface area contributed by atoms with E-state index >= 15 is 0 Å². The van der Waals surface area contributed by atoms with Crippen LogP contribution in [0.1, 0.15) is 37.7 Å². The number of nitrogens with one attached hydrogen (secondary N) is 1. The van der Waals surface area contributed by atoms with Crippen molar-refractivity contribution in [3.05, 3.63) is 94.8 Å². The number of rotatable bonds is 9. The van der Waals surface area contributed by atoms with Crippen molar-refractivity contribution in [2.24, 2.45) is 0 Å². The van der Waals surface area contributed by atoms with Gasteiger partial charge in [-0.15, -0.1) is 0 Å². The number of halogens is 1. The number of ether oxygens (including phenoxy) is 1. The molecule has 0 aliphatic rings. The van der Waals surface area contributed by atoms with Crippen LogP contribution in [-0.4, -0.2) is 28.6 Å². The normalized spacial score (nSPS) is 11.5. The molecule has 0 saturated carbocycles. The van der Waals surface area contributed by atoms with Crippen LogP contribution in [0.25, 0.3) is 11.0 Å². The average Bonchev–Trinajstić information content (AvgIpc) is 3.18. The van der Waals surface area contributed by atoms with E-state index in [1.165, 1.54) is 5.56 Å². The number of hydrogen-bond donors (Lipinski definition) is 1. The van der Waals surface area contributed by atoms with Gasteiger partial charge in [-0.05, 0) is 52.9 Å². The molecule has 4 aromatic rings. The molecule has 0 aliphatic heterocycles. The zero-order valence-corrected chi connectivity index (χ0v) is 21.3. The Morgan fingerprint density at radius 2 is 1.71 bits per heavy atom. The van der Waals surface area contributed by atoms with Crippen LogP contribution < -0.4 is 10.1 Å². The molecular weight excluding hydrogens is 458 g/mol. The van der Waals surface area contributed by atoms with Crippen LogP contribution in [0, 0.1) is 0 Å². The lowest BCUT2D eigenvalue weighted by molar-refractivity contribution is -0.120. The number of para-hydroxylation sites is 2. The van der Waals surface area contributed by atoms with Crippen LogP contribution in [0.15, 0.2) is 72.8 Å². The standard InChI is InChI=1S/C29H32ClN3O2/c1-29(2,3)22-10-14-24(15-11-22)35-19-18-33-26-7-5-4-6-25(26)32-27(33)16-17-31-28(34)20-21-8-12-23(30)13-9-21/h4-15H,16-20H2,1-3H3,(H,31,34). The Kier molecular flexibility index (Phi) is 7.76. The van der Waals surface area contributed by atoms with Crippen molar-refractivity contribution in [2.75, 3.05) is 13.2 Å². The van der Waals surface area contributed by atoms with Crippen LogP contribution in [0.2, 0.25) is 5.02 Å². The zero-order chi connectivity index (χ0) is 24.8. The number of nitrogens with zero attached hydrogens (tertiary/aromatic N) is 2. The smallest absolute Gasteiger partial charge is 0.224 e. The van der Waals surface area contributed by atoms with Gasteiger partial charge in [0.2, 0.25) is 5.91 Å². The molecule has 0 bridgehead atoms. The fourth-order valence-electron chi connectivity index (χ4n) is 4.04. The van der Waals surface area contributed by atoms with Crippen LogP contribution in [-0.2, 0) is 29.6 Å². The van der Waals surface area contributed by atoms with Crippen molar-refractivity contribution in [1.29, 1.82) is 0 Å². The lowest BCUT2D eigenvalue weighted by Gasteiger charge is -2.19. The van der Waals surface area contributed by atoms with E-state index in [4.69, 9.17) is 21.3 Å². The van der Waals surface area contributed by atoms with Crippen molar-refractivity contribution >= 4 is 28.5 Å². The highest BCUT2D eigenvalue weighted by Gasteiger charge is 2.14. The van der Waals surface area contributed by atoms with Gasteiger partial charge in [0.1, 0.15) is 18.2 Å². The maximum atomic E-state index is 12.4. The molecule has 4 rings (SSSR count). The summed E-state index contributed by atoms with van der Waals surface area (Å²) in [6.07, 6.45) is 0.969. The average molecular weight is 490 g/mol. The van der Waals surface area contributed by atoms with Crippen molar-refractivity contribution < 1.29 is 9.53 Å². The molecule has 3 aromatic carbocycles. The van der Waals surface area contributed by atoms with Gasteiger partial charge in [-0.25, -0.2) is 4.98 Å². The molecular formula is C29H32ClN3O2.